The minimum Gasteiger partial charge on any atom is -0.508 e. The highest BCUT2D eigenvalue weighted by Crippen LogP contribution is 2.30. The van der Waals surface area contributed by atoms with Gasteiger partial charge in [0, 0.05) is 11.6 Å². The topological polar surface area (TPSA) is 100 Å². The number of nitrogens with zero attached hydrogens (tertiary/aromatic N) is 1. The van der Waals surface area contributed by atoms with E-state index in [0.29, 0.717) is 30.3 Å². The molecule has 0 aliphatic carbocycles. The summed E-state index contributed by atoms with van der Waals surface area (Å²) in [6, 6.07) is 9.43. The molecular weight excluding hydrogens is 312 g/mol. The van der Waals surface area contributed by atoms with Crippen LogP contribution in [0.5, 0.6) is 23.0 Å². The number of amides is 1. The first kappa shape index (κ1) is 15.7. The van der Waals surface area contributed by atoms with Gasteiger partial charge in [0.15, 0.2) is 11.5 Å². The van der Waals surface area contributed by atoms with E-state index in [-0.39, 0.29) is 23.8 Å². The van der Waals surface area contributed by atoms with Crippen LogP contribution in [0, 0.1) is 0 Å². The molecule has 0 bridgehead atoms. The lowest BCUT2D eigenvalue weighted by Crippen LogP contribution is -2.20. The maximum absolute atomic E-state index is 11.9. The summed E-state index contributed by atoms with van der Waals surface area (Å²) in [4.78, 5) is 11.9. The highest BCUT2D eigenvalue weighted by atomic mass is 16.6. The average molecular weight is 328 g/mol. The Balaban J connectivity index is 1.58. The Labute approximate surface area is 138 Å². The van der Waals surface area contributed by atoms with Crippen molar-refractivity contribution >= 4 is 12.1 Å². The highest BCUT2D eigenvalue weighted by molar-refractivity contribution is 5.85. The zero-order valence-corrected chi connectivity index (χ0v) is 12.7. The molecule has 0 spiro atoms. The van der Waals surface area contributed by atoms with Crippen LogP contribution in [-0.2, 0) is 11.2 Å². The Kier molecular flexibility index (Phi) is 4.51. The molecule has 1 aliphatic heterocycles. The first-order valence-corrected chi connectivity index (χ1v) is 7.34. The first-order valence-electron chi connectivity index (χ1n) is 7.34. The van der Waals surface area contributed by atoms with Crippen molar-refractivity contribution in [2.75, 3.05) is 13.2 Å². The Morgan fingerprint density at radius 2 is 1.92 bits per heavy atom. The molecule has 0 fully saturated rings. The first-order chi connectivity index (χ1) is 11.6. The molecule has 0 aromatic heterocycles. The molecule has 7 heteroatoms. The monoisotopic (exact) mass is 328 g/mol. The van der Waals surface area contributed by atoms with Crippen molar-refractivity contribution in [1.29, 1.82) is 0 Å². The number of ether oxygens (including phenoxy) is 2. The fourth-order valence-electron chi connectivity index (χ4n) is 2.24. The zero-order valence-electron chi connectivity index (χ0n) is 12.7. The quantitative estimate of drug-likeness (QED) is 0.584. The van der Waals surface area contributed by atoms with Crippen molar-refractivity contribution in [3.8, 4) is 23.0 Å². The predicted octanol–water partition coefficient (Wildman–Crippen LogP) is 1.56. The molecule has 0 atom stereocenters. The summed E-state index contributed by atoms with van der Waals surface area (Å²) >= 11 is 0. The fraction of sp³-hybridized carbons (Fsp3) is 0.176. The number of hydrogen-bond donors (Lipinski definition) is 3. The molecule has 1 heterocycles. The van der Waals surface area contributed by atoms with Crippen molar-refractivity contribution in [3.63, 3.8) is 0 Å². The third kappa shape index (κ3) is 3.75. The number of fused-ring (bicyclic) bond motifs is 1. The van der Waals surface area contributed by atoms with Crippen LogP contribution in [0.4, 0.5) is 0 Å². The van der Waals surface area contributed by atoms with Crippen molar-refractivity contribution in [3.05, 3.63) is 47.5 Å². The second kappa shape index (κ2) is 6.91. The van der Waals surface area contributed by atoms with Crippen molar-refractivity contribution in [2.45, 2.75) is 6.42 Å². The molecule has 124 valence electrons. The van der Waals surface area contributed by atoms with E-state index in [4.69, 9.17) is 9.47 Å². The van der Waals surface area contributed by atoms with E-state index in [0.717, 1.165) is 5.56 Å². The van der Waals surface area contributed by atoms with Crippen molar-refractivity contribution in [1.82, 2.24) is 5.43 Å². The van der Waals surface area contributed by atoms with Crippen LogP contribution in [-0.4, -0.2) is 35.5 Å². The van der Waals surface area contributed by atoms with Gasteiger partial charge in [-0.2, -0.15) is 5.10 Å². The van der Waals surface area contributed by atoms with E-state index in [9.17, 15) is 15.0 Å². The van der Waals surface area contributed by atoms with Crippen LogP contribution in [0.3, 0.4) is 0 Å². The van der Waals surface area contributed by atoms with Crippen LogP contribution in [0.2, 0.25) is 0 Å². The average Bonchev–Trinajstić information content (AvgIpc) is 2.57. The summed E-state index contributed by atoms with van der Waals surface area (Å²) < 4.78 is 10.9. The van der Waals surface area contributed by atoms with Gasteiger partial charge in [0.05, 0.1) is 12.6 Å². The van der Waals surface area contributed by atoms with Gasteiger partial charge in [-0.1, -0.05) is 6.07 Å². The number of phenols is 2. The number of phenolic OH excluding ortho intramolecular Hbond substituents is 2. The van der Waals surface area contributed by atoms with E-state index >= 15 is 0 Å². The highest BCUT2D eigenvalue weighted by Gasteiger charge is 2.13. The van der Waals surface area contributed by atoms with E-state index < -0.39 is 0 Å². The Morgan fingerprint density at radius 1 is 1.12 bits per heavy atom. The van der Waals surface area contributed by atoms with Crippen LogP contribution in [0.15, 0.2) is 41.5 Å². The summed E-state index contributed by atoms with van der Waals surface area (Å²) in [7, 11) is 0. The van der Waals surface area contributed by atoms with Gasteiger partial charge in [-0.15, -0.1) is 0 Å². The summed E-state index contributed by atoms with van der Waals surface area (Å²) in [6.07, 6.45) is 1.44. The van der Waals surface area contributed by atoms with E-state index in [2.05, 4.69) is 10.5 Å². The fourth-order valence-corrected chi connectivity index (χ4v) is 2.24. The Morgan fingerprint density at radius 3 is 2.71 bits per heavy atom. The Bertz CT molecular complexity index is 789. The van der Waals surface area contributed by atoms with E-state index in [1.54, 1.807) is 18.2 Å². The molecule has 0 saturated carbocycles. The third-order valence-electron chi connectivity index (χ3n) is 3.38. The normalized spacial score (nSPS) is 13.0. The smallest absolute Gasteiger partial charge is 0.244 e. The van der Waals surface area contributed by atoms with Crippen LogP contribution < -0.4 is 14.9 Å². The molecule has 1 aliphatic rings. The van der Waals surface area contributed by atoms with Crippen molar-refractivity contribution < 1.29 is 24.5 Å². The van der Waals surface area contributed by atoms with Crippen LogP contribution in [0.1, 0.15) is 11.1 Å². The van der Waals surface area contributed by atoms with E-state index in [1.165, 1.54) is 24.4 Å². The maximum atomic E-state index is 11.9. The number of hydrogen-bond acceptors (Lipinski definition) is 6. The summed E-state index contributed by atoms with van der Waals surface area (Å²) in [5, 5.41) is 22.6. The van der Waals surface area contributed by atoms with Gasteiger partial charge in [0.2, 0.25) is 5.91 Å². The second-order valence-corrected chi connectivity index (χ2v) is 5.19. The lowest BCUT2D eigenvalue weighted by atomic mass is 10.1. The molecule has 7 nitrogen and oxygen atoms in total. The molecule has 0 radical (unpaired) electrons. The summed E-state index contributed by atoms with van der Waals surface area (Å²) in [6.45, 7) is 1.01. The van der Waals surface area contributed by atoms with Gasteiger partial charge in [-0.3, -0.25) is 4.79 Å². The molecule has 3 rings (SSSR count). The van der Waals surface area contributed by atoms with Gasteiger partial charge in [0.1, 0.15) is 24.7 Å². The SMILES string of the molecule is O=C(Cc1ccc2c(c1)OCCO2)N/N=C/c1ccc(O)cc1O. The molecule has 2 aromatic carbocycles. The predicted molar refractivity (Wildman–Crippen MR) is 86.6 cm³/mol. The lowest BCUT2D eigenvalue weighted by Gasteiger charge is -2.18. The minimum atomic E-state index is -0.304. The molecule has 1 amide bonds. The minimum absolute atomic E-state index is 0.0488. The second-order valence-electron chi connectivity index (χ2n) is 5.19. The molecule has 0 saturated heterocycles. The molecule has 2 aromatic rings. The molecular formula is C17H16N2O5. The van der Waals surface area contributed by atoms with Gasteiger partial charge in [-0.25, -0.2) is 5.43 Å². The standard InChI is InChI=1S/C17H16N2O5/c20-13-3-2-12(14(21)9-13)10-18-19-17(22)8-11-1-4-15-16(7-11)24-6-5-23-15/h1-4,7,9-10,20-21H,5-6,8H2,(H,19,22)/b18-10+. The summed E-state index contributed by atoms with van der Waals surface area (Å²) in [5.74, 6) is 0.823. The van der Waals surface area contributed by atoms with E-state index in [1.807, 2.05) is 0 Å². The molecule has 0 unspecified atom stereocenters. The largest absolute Gasteiger partial charge is 0.508 e. The number of nitrogens with one attached hydrogen (secondary N) is 1. The van der Waals surface area contributed by atoms with Crippen LogP contribution >= 0.6 is 0 Å². The lowest BCUT2D eigenvalue weighted by molar-refractivity contribution is -0.120. The number of carbonyl (C=O) groups is 1. The summed E-state index contributed by atoms with van der Waals surface area (Å²) in [5.41, 5.74) is 3.55. The van der Waals surface area contributed by atoms with Gasteiger partial charge >= 0.3 is 0 Å². The molecule has 24 heavy (non-hydrogen) atoms. The van der Waals surface area contributed by atoms with Crippen LogP contribution in [0.25, 0.3) is 0 Å². The number of aromatic hydroxyl groups is 2. The molecule has 3 N–H and O–H groups in total. The number of benzene rings is 2. The number of rotatable bonds is 4. The number of carbonyl (C=O) groups excluding carboxylic acids is 1. The van der Waals surface area contributed by atoms with Gasteiger partial charge < -0.3 is 19.7 Å². The number of hydrazone groups is 1. The van der Waals surface area contributed by atoms with Gasteiger partial charge in [-0.05, 0) is 29.8 Å². The van der Waals surface area contributed by atoms with Gasteiger partial charge in [0.25, 0.3) is 0 Å². The zero-order chi connectivity index (χ0) is 16.9. The Hall–Kier alpha value is -3.22. The maximum Gasteiger partial charge on any atom is 0.244 e. The third-order valence-corrected chi connectivity index (χ3v) is 3.38. The van der Waals surface area contributed by atoms with Crippen molar-refractivity contribution in [2.24, 2.45) is 5.10 Å².